The van der Waals surface area contributed by atoms with Crippen LogP contribution in [0.5, 0.6) is 11.5 Å². The van der Waals surface area contributed by atoms with E-state index in [-0.39, 0.29) is 22.1 Å². The van der Waals surface area contributed by atoms with Crippen LogP contribution in [-0.2, 0) is 10.0 Å². The number of hydrogen-bond acceptors (Lipinski definition) is 4. The van der Waals surface area contributed by atoms with Gasteiger partial charge in [0.1, 0.15) is 11.6 Å². The molecule has 2 aromatic rings. The normalized spacial score (nSPS) is 11.4. The van der Waals surface area contributed by atoms with Crippen LogP contribution < -0.4 is 15.2 Å². The summed E-state index contributed by atoms with van der Waals surface area (Å²) in [5, 5.41) is 0. The van der Waals surface area contributed by atoms with Crippen molar-refractivity contribution in [2.24, 2.45) is 0 Å². The maximum Gasteiger partial charge on any atom is 0.240 e. The van der Waals surface area contributed by atoms with Gasteiger partial charge in [-0.2, -0.15) is 0 Å². The van der Waals surface area contributed by atoms with Gasteiger partial charge in [0, 0.05) is 12.1 Å². The number of benzene rings is 2. The van der Waals surface area contributed by atoms with E-state index in [1.165, 1.54) is 43.4 Å². The van der Waals surface area contributed by atoms with Crippen molar-refractivity contribution < 1.29 is 17.5 Å². The molecule has 0 saturated carbocycles. The first-order valence-corrected chi connectivity index (χ1v) is 8.07. The highest BCUT2D eigenvalue weighted by atomic mass is 79.9. The molecule has 0 saturated heterocycles. The van der Waals surface area contributed by atoms with E-state index in [1.807, 2.05) is 0 Å². The van der Waals surface area contributed by atoms with Crippen molar-refractivity contribution in [2.45, 2.75) is 4.90 Å². The summed E-state index contributed by atoms with van der Waals surface area (Å²) in [4.78, 5) is 0.00628. The zero-order valence-corrected chi connectivity index (χ0v) is 13.3. The number of nitrogens with one attached hydrogen (secondary N) is 1. The molecule has 2 aromatic carbocycles. The van der Waals surface area contributed by atoms with Gasteiger partial charge in [-0.1, -0.05) is 0 Å². The summed E-state index contributed by atoms with van der Waals surface area (Å²) in [6, 6.07) is 8.23. The van der Waals surface area contributed by atoms with Gasteiger partial charge in [0.15, 0.2) is 5.75 Å². The van der Waals surface area contributed by atoms with Gasteiger partial charge in [0.2, 0.25) is 10.0 Å². The van der Waals surface area contributed by atoms with E-state index in [9.17, 15) is 12.8 Å². The fourth-order valence-electron chi connectivity index (χ4n) is 1.56. The van der Waals surface area contributed by atoms with E-state index in [0.717, 1.165) is 0 Å². The Morgan fingerprint density at radius 3 is 2.57 bits per heavy atom. The first-order chi connectivity index (χ1) is 9.83. The predicted octanol–water partition coefficient (Wildman–Crippen LogP) is 2.87. The lowest BCUT2D eigenvalue weighted by Gasteiger charge is -2.11. The summed E-state index contributed by atoms with van der Waals surface area (Å²) in [6.07, 6.45) is 0. The molecular formula is C13H12BrFN2O3S. The van der Waals surface area contributed by atoms with Crippen molar-refractivity contribution in [1.82, 2.24) is 4.72 Å². The van der Waals surface area contributed by atoms with Gasteiger partial charge >= 0.3 is 0 Å². The number of sulfonamides is 1. The second-order valence-corrected chi connectivity index (χ2v) is 6.83. The van der Waals surface area contributed by atoms with Crippen LogP contribution in [0.2, 0.25) is 0 Å². The van der Waals surface area contributed by atoms with Gasteiger partial charge in [-0.25, -0.2) is 17.5 Å². The second-order valence-electron chi connectivity index (χ2n) is 4.09. The Bertz CT molecular complexity index is 781. The van der Waals surface area contributed by atoms with E-state index < -0.39 is 15.8 Å². The molecule has 0 aliphatic heterocycles. The van der Waals surface area contributed by atoms with Crippen molar-refractivity contribution in [3.8, 4) is 11.5 Å². The minimum atomic E-state index is -3.61. The van der Waals surface area contributed by atoms with E-state index in [2.05, 4.69) is 20.7 Å². The van der Waals surface area contributed by atoms with Crippen LogP contribution in [0.4, 0.5) is 10.1 Å². The molecule has 3 N–H and O–H groups in total. The van der Waals surface area contributed by atoms with Crippen LogP contribution in [0.15, 0.2) is 45.8 Å². The third kappa shape index (κ3) is 3.52. The lowest BCUT2D eigenvalue weighted by atomic mass is 10.3. The molecule has 0 spiro atoms. The maximum atomic E-state index is 13.4. The van der Waals surface area contributed by atoms with Crippen LogP contribution >= 0.6 is 15.9 Å². The van der Waals surface area contributed by atoms with E-state index in [4.69, 9.17) is 10.5 Å². The first kappa shape index (κ1) is 15.7. The molecule has 0 aliphatic carbocycles. The Kier molecular flexibility index (Phi) is 4.50. The maximum absolute atomic E-state index is 13.4. The molecule has 0 aliphatic rings. The van der Waals surface area contributed by atoms with Gasteiger partial charge < -0.3 is 10.5 Å². The SMILES string of the molecule is CNS(=O)(=O)c1ccc(N)c(Oc2ccc(Br)c(F)c2)c1. The Labute approximate surface area is 130 Å². The van der Waals surface area contributed by atoms with E-state index in [0.29, 0.717) is 4.47 Å². The summed E-state index contributed by atoms with van der Waals surface area (Å²) in [5.41, 5.74) is 5.99. The summed E-state index contributed by atoms with van der Waals surface area (Å²) in [6.45, 7) is 0. The largest absolute Gasteiger partial charge is 0.455 e. The lowest BCUT2D eigenvalue weighted by molar-refractivity contribution is 0.476. The number of nitrogen functional groups attached to an aromatic ring is 1. The number of anilines is 1. The highest BCUT2D eigenvalue weighted by Crippen LogP contribution is 2.31. The number of hydrogen-bond donors (Lipinski definition) is 2. The van der Waals surface area contributed by atoms with Crippen LogP contribution in [0.3, 0.4) is 0 Å². The third-order valence-electron chi connectivity index (χ3n) is 2.68. The second kappa shape index (κ2) is 6.00. The average Bonchev–Trinajstić information content (AvgIpc) is 2.45. The van der Waals surface area contributed by atoms with Crippen LogP contribution in [0.25, 0.3) is 0 Å². The van der Waals surface area contributed by atoms with Crippen LogP contribution in [-0.4, -0.2) is 15.5 Å². The van der Waals surface area contributed by atoms with Crippen LogP contribution in [0, 0.1) is 5.82 Å². The molecule has 2 rings (SSSR count). The minimum absolute atomic E-state index is 0.00628. The fraction of sp³-hybridized carbons (Fsp3) is 0.0769. The molecule has 0 unspecified atom stereocenters. The average molecular weight is 375 g/mol. The Balaban J connectivity index is 2.39. The van der Waals surface area contributed by atoms with Crippen molar-refractivity contribution in [3.63, 3.8) is 0 Å². The zero-order valence-electron chi connectivity index (χ0n) is 10.9. The molecule has 21 heavy (non-hydrogen) atoms. The highest BCUT2D eigenvalue weighted by Gasteiger charge is 2.14. The van der Waals surface area contributed by atoms with Crippen LogP contribution in [0.1, 0.15) is 0 Å². The first-order valence-electron chi connectivity index (χ1n) is 5.79. The number of halogens is 2. The van der Waals surface area contributed by atoms with Gasteiger partial charge in [0.25, 0.3) is 0 Å². The zero-order chi connectivity index (χ0) is 15.6. The van der Waals surface area contributed by atoms with Crippen molar-refractivity contribution in [1.29, 1.82) is 0 Å². The summed E-state index contributed by atoms with van der Waals surface area (Å²) >= 11 is 3.03. The third-order valence-corrected chi connectivity index (χ3v) is 4.74. The molecule has 0 atom stereocenters. The van der Waals surface area contributed by atoms with E-state index >= 15 is 0 Å². The van der Waals surface area contributed by atoms with Crippen molar-refractivity contribution >= 4 is 31.6 Å². The molecule has 112 valence electrons. The monoisotopic (exact) mass is 374 g/mol. The number of rotatable bonds is 4. The minimum Gasteiger partial charge on any atom is -0.455 e. The summed E-state index contributed by atoms with van der Waals surface area (Å²) < 4.78 is 44.9. The van der Waals surface area contributed by atoms with Gasteiger partial charge in [0.05, 0.1) is 15.1 Å². The summed E-state index contributed by atoms with van der Waals surface area (Å²) in [5.74, 6) is -0.153. The molecule has 0 aromatic heterocycles. The molecular weight excluding hydrogens is 363 g/mol. The van der Waals surface area contributed by atoms with Gasteiger partial charge in [-0.15, -0.1) is 0 Å². The number of nitrogens with two attached hydrogens (primary N) is 1. The standard InChI is InChI=1S/C13H12BrFN2O3S/c1-17-21(18,19)9-3-5-12(16)13(7-9)20-8-2-4-10(14)11(15)6-8/h2-7,17H,16H2,1H3. The summed E-state index contributed by atoms with van der Waals surface area (Å²) in [7, 11) is -2.31. The molecule has 5 nitrogen and oxygen atoms in total. The fourth-order valence-corrected chi connectivity index (χ4v) is 2.55. The Morgan fingerprint density at radius 1 is 1.24 bits per heavy atom. The quantitative estimate of drug-likeness (QED) is 0.806. The highest BCUT2D eigenvalue weighted by molar-refractivity contribution is 9.10. The van der Waals surface area contributed by atoms with E-state index in [1.54, 1.807) is 0 Å². The van der Waals surface area contributed by atoms with Crippen molar-refractivity contribution in [2.75, 3.05) is 12.8 Å². The van der Waals surface area contributed by atoms with Gasteiger partial charge in [-0.05, 0) is 47.2 Å². The molecule has 0 radical (unpaired) electrons. The van der Waals surface area contributed by atoms with Gasteiger partial charge in [-0.3, -0.25) is 0 Å². The Hall–Kier alpha value is -1.64. The van der Waals surface area contributed by atoms with Crippen molar-refractivity contribution in [3.05, 3.63) is 46.7 Å². The molecule has 0 heterocycles. The lowest BCUT2D eigenvalue weighted by Crippen LogP contribution is -2.18. The topological polar surface area (TPSA) is 81.4 Å². The molecule has 0 bridgehead atoms. The number of ether oxygens (including phenoxy) is 1. The molecule has 0 amide bonds. The Morgan fingerprint density at radius 2 is 1.95 bits per heavy atom. The smallest absolute Gasteiger partial charge is 0.240 e. The molecule has 8 heteroatoms. The molecule has 0 fully saturated rings. The predicted molar refractivity (Wildman–Crippen MR) is 81.3 cm³/mol.